The van der Waals surface area contributed by atoms with Crippen LogP contribution in [0.25, 0.3) is 0 Å². The zero-order chi connectivity index (χ0) is 9.68. The van der Waals surface area contributed by atoms with E-state index in [1.807, 2.05) is 0 Å². The third-order valence-electron chi connectivity index (χ3n) is 1.24. The lowest BCUT2D eigenvalue weighted by Crippen LogP contribution is -2.29. The number of halogens is 1. The first kappa shape index (κ1) is 10.3. The van der Waals surface area contributed by atoms with Gasteiger partial charge in [0.2, 0.25) is 0 Å². The summed E-state index contributed by atoms with van der Waals surface area (Å²) in [5.41, 5.74) is 2.06. The summed E-state index contributed by atoms with van der Waals surface area (Å²) in [4.78, 5) is 12.4. The van der Waals surface area contributed by atoms with E-state index >= 15 is 0 Å². The maximum atomic E-state index is 11.0. The van der Waals surface area contributed by atoms with Gasteiger partial charge in [-0.25, -0.2) is 5.84 Å². The van der Waals surface area contributed by atoms with Gasteiger partial charge >= 0.3 is 0 Å². The second-order valence-corrected chi connectivity index (χ2v) is 3.72. The summed E-state index contributed by atoms with van der Waals surface area (Å²) in [6, 6.07) is 3.50. The Bertz CT molecular complexity index is 364. The number of thiophene rings is 1. The number of carbonyl (C=O) groups excluding carboxylic acids is 1. The molecular weight excluding hydrogens is 252 g/mol. The summed E-state index contributed by atoms with van der Waals surface area (Å²) in [5, 5.41) is 0.628. The van der Waals surface area contributed by atoms with E-state index in [1.165, 1.54) is 11.3 Å². The van der Waals surface area contributed by atoms with Gasteiger partial charge in [-0.15, -0.1) is 11.3 Å². The number of hydrogen-bond donors (Lipinski definition) is 2. The number of nitrogen functional groups attached to an aromatic ring is 1. The van der Waals surface area contributed by atoms with Crippen molar-refractivity contribution in [2.45, 2.75) is 0 Å². The Morgan fingerprint density at radius 2 is 2.46 bits per heavy atom. The molecule has 0 radical (unpaired) electrons. The van der Waals surface area contributed by atoms with Gasteiger partial charge in [-0.3, -0.25) is 10.2 Å². The molecular formula is C8H7BrN2OS. The van der Waals surface area contributed by atoms with E-state index < -0.39 is 0 Å². The molecule has 0 aromatic carbocycles. The Balaban J connectivity index is 2.80. The number of nitrogens with one attached hydrogen (secondary N) is 1. The standard InChI is InChI=1S/C8H7BrN2OS/c9-5-1-2-6-3-4-7(13-6)8(12)11-10/h3-4H,5,10H2,(H,11,12). The highest BCUT2D eigenvalue weighted by Gasteiger charge is 2.05. The van der Waals surface area contributed by atoms with Gasteiger partial charge in [0.05, 0.1) is 15.1 Å². The molecule has 0 atom stereocenters. The minimum absolute atomic E-state index is 0.281. The molecule has 13 heavy (non-hydrogen) atoms. The van der Waals surface area contributed by atoms with Crippen LogP contribution >= 0.6 is 27.3 Å². The van der Waals surface area contributed by atoms with Crippen molar-refractivity contribution in [3.05, 3.63) is 21.9 Å². The largest absolute Gasteiger partial charge is 0.289 e. The van der Waals surface area contributed by atoms with Crippen molar-refractivity contribution >= 4 is 33.2 Å². The number of hydrogen-bond acceptors (Lipinski definition) is 3. The van der Waals surface area contributed by atoms with Gasteiger partial charge in [0.1, 0.15) is 0 Å². The number of nitrogens with two attached hydrogens (primary N) is 1. The highest BCUT2D eigenvalue weighted by Crippen LogP contribution is 2.14. The summed E-state index contributed by atoms with van der Waals surface area (Å²) >= 11 is 4.51. The van der Waals surface area contributed by atoms with Crippen molar-refractivity contribution in [1.82, 2.24) is 5.43 Å². The first-order chi connectivity index (χ1) is 6.27. The monoisotopic (exact) mass is 258 g/mol. The van der Waals surface area contributed by atoms with Crippen LogP contribution in [0.5, 0.6) is 0 Å². The van der Waals surface area contributed by atoms with Gasteiger partial charge in [-0.2, -0.15) is 0 Å². The SMILES string of the molecule is NNC(=O)c1ccc(C#CCBr)s1. The van der Waals surface area contributed by atoms with Crippen LogP contribution in [0.4, 0.5) is 0 Å². The van der Waals surface area contributed by atoms with Gasteiger partial charge < -0.3 is 0 Å². The fraction of sp³-hybridized carbons (Fsp3) is 0.125. The molecule has 0 fully saturated rings. The summed E-state index contributed by atoms with van der Waals surface area (Å²) in [5.74, 6) is 10.4. The number of carbonyl (C=O) groups is 1. The number of hydrazine groups is 1. The number of rotatable bonds is 1. The van der Waals surface area contributed by atoms with Gasteiger partial charge in [-0.1, -0.05) is 27.8 Å². The molecule has 0 aliphatic carbocycles. The van der Waals surface area contributed by atoms with E-state index in [2.05, 4.69) is 33.2 Å². The lowest BCUT2D eigenvalue weighted by Gasteiger charge is -1.91. The van der Waals surface area contributed by atoms with Crippen molar-refractivity contribution in [1.29, 1.82) is 0 Å². The Kier molecular flexibility index (Phi) is 3.96. The molecule has 3 nitrogen and oxygen atoms in total. The van der Waals surface area contributed by atoms with Crippen LogP contribution < -0.4 is 11.3 Å². The fourth-order valence-electron chi connectivity index (χ4n) is 0.719. The van der Waals surface area contributed by atoms with Gasteiger partial charge in [0, 0.05) is 0 Å². The molecule has 1 amide bonds. The minimum Gasteiger partial charge on any atom is -0.289 e. The molecule has 1 aromatic heterocycles. The quantitative estimate of drug-likeness (QED) is 0.261. The fourth-order valence-corrected chi connectivity index (χ4v) is 1.64. The van der Waals surface area contributed by atoms with Crippen molar-refractivity contribution in [3.8, 4) is 11.8 Å². The predicted molar refractivity (Wildman–Crippen MR) is 56.6 cm³/mol. The molecule has 1 heterocycles. The highest BCUT2D eigenvalue weighted by molar-refractivity contribution is 9.09. The summed E-state index contributed by atoms with van der Waals surface area (Å²) in [6.45, 7) is 0. The van der Waals surface area contributed by atoms with Crippen LogP contribution in [0, 0.1) is 11.8 Å². The summed E-state index contributed by atoms with van der Waals surface area (Å²) in [7, 11) is 0. The van der Waals surface area contributed by atoms with E-state index in [1.54, 1.807) is 12.1 Å². The van der Waals surface area contributed by atoms with E-state index in [0.29, 0.717) is 10.2 Å². The predicted octanol–water partition coefficient (Wildman–Crippen LogP) is 1.10. The van der Waals surface area contributed by atoms with Gasteiger partial charge in [0.25, 0.3) is 5.91 Å². The van der Waals surface area contributed by atoms with Crippen molar-refractivity contribution in [3.63, 3.8) is 0 Å². The third kappa shape index (κ3) is 2.84. The Hall–Kier alpha value is -0.830. The Morgan fingerprint density at radius 3 is 3.08 bits per heavy atom. The molecule has 0 spiro atoms. The molecule has 0 aliphatic rings. The molecule has 1 aromatic rings. The van der Waals surface area contributed by atoms with Crippen molar-refractivity contribution < 1.29 is 4.79 Å². The zero-order valence-electron chi connectivity index (χ0n) is 6.63. The molecule has 3 N–H and O–H groups in total. The summed E-state index contributed by atoms with van der Waals surface area (Å²) < 4.78 is 0. The molecule has 0 bridgehead atoms. The number of alkyl halides is 1. The molecule has 0 saturated heterocycles. The molecule has 1 rings (SSSR count). The maximum absolute atomic E-state index is 11.0. The highest BCUT2D eigenvalue weighted by atomic mass is 79.9. The lowest BCUT2D eigenvalue weighted by atomic mass is 10.4. The molecule has 5 heteroatoms. The average Bonchev–Trinajstić information content (AvgIpc) is 2.62. The minimum atomic E-state index is -0.281. The van der Waals surface area contributed by atoms with Crippen molar-refractivity contribution in [2.24, 2.45) is 5.84 Å². The van der Waals surface area contributed by atoms with E-state index in [9.17, 15) is 4.79 Å². The van der Waals surface area contributed by atoms with E-state index in [-0.39, 0.29) is 5.91 Å². The van der Waals surface area contributed by atoms with Gasteiger partial charge in [0.15, 0.2) is 0 Å². The topological polar surface area (TPSA) is 55.1 Å². The molecule has 0 unspecified atom stereocenters. The Labute approximate surface area is 88.4 Å². The lowest BCUT2D eigenvalue weighted by molar-refractivity contribution is 0.0957. The normalized spacial score (nSPS) is 8.77. The summed E-state index contributed by atoms with van der Waals surface area (Å²) in [6.07, 6.45) is 0. The van der Waals surface area contributed by atoms with Gasteiger partial charge in [-0.05, 0) is 12.1 Å². The second kappa shape index (κ2) is 5.02. The van der Waals surface area contributed by atoms with Crippen LogP contribution in [0.2, 0.25) is 0 Å². The molecule has 0 saturated carbocycles. The second-order valence-electron chi connectivity index (χ2n) is 2.07. The van der Waals surface area contributed by atoms with E-state index in [0.717, 1.165) is 4.88 Å². The number of amides is 1. The van der Waals surface area contributed by atoms with Crippen LogP contribution in [0.3, 0.4) is 0 Å². The first-order valence-corrected chi connectivity index (χ1v) is 5.37. The van der Waals surface area contributed by atoms with Crippen molar-refractivity contribution in [2.75, 3.05) is 5.33 Å². The van der Waals surface area contributed by atoms with Crippen LogP contribution in [-0.4, -0.2) is 11.2 Å². The van der Waals surface area contributed by atoms with Crippen LogP contribution in [0.15, 0.2) is 12.1 Å². The molecule has 68 valence electrons. The zero-order valence-corrected chi connectivity index (χ0v) is 9.04. The first-order valence-electron chi connectivity index (χ1n) is 3.43. The average molecular weight is 259 g/mol. The smallest absolute Gasteiger partial charge is 0.275 e. The van der Waals surface area contributed by atoms with E-state index in [4.69, 9.17) is 5.84 Å². The maximum Gasteiger partial charge on any atom is 0.275 e. The van der Waals surface area contributed by atoms with Crippen LogP contribution in [-0.2, 0) is 0 Å². The Morgan fingerprint density at radius 1 is 1.69 bits per heavy atom. The molecule has 0 aliphatic heterocycles. The van der Waals surface area contributed by atoms with Crippen LogP contribution in [0.1, 0.15) is 14.5 Å². The third-order valence-corrected chi connectivity index (χ3v) is 2.52.